The molecule has 0 aliphatic carbocycles. The molecule has 1 aromatic heterocycles. The van der Waals surface area contributed by atoms with Crippen molar-refractivity contribution in [2.24, 2.45) is 12.8 Å². The van der Waals surface area contributed by atoms with Gasteiger partial charge < -0.3 is 21.5 Å². The molecule has 0 bridgehead atoms. The molecule has 9 heteroatoms. The topological polar surface area (TPSA) is 134 Å². The molecule has 20 heavy (non-hydrogen) atoms. The summed E-state index contributed by atoms with van der Waals surface area (Å²) in [7, 11) is 1.38. The molecular weight excluding hydrogens is 266 g/mol. The largest absolute Gasteiger partial charge is 0.448 e. The maximum absolute atomic E-state index is 12.0. The standard InChI is InChI=1S/C11H19N5O4/c1-3-5-16-8(12)7(9(17)15(2)11(16)19)14-4-6-20-10(13)18/h14H,3-6,12H2,1-2H3,(H2,13,18). The number of ether oxygens (including phenoxy) is 1. The van der Waals surface area contributed by atoms with Crippen LogP contribution in [0, 0.1) is 0 Å². The molecule has 0 fully saturated rings. The highest BCUT2D eigenvalue weighted by molar-refractivity contribution is 5.64. The molecule has 0 spiro atoms. The van der Waals surface area contributed by atoms with Crippen LogP contribution in [0.25, 0.3) is 0 Å². The number of anilines is 2. The molecule has 0 aromatic carbocycles. The molecule has 0 aliphatic heterocycles. The number of nitrogen functional groups attached to an aromatic ring is 1. The summed E-state index contributed by atoms with van der Waals surface area (Å²) in [5, 5.41) is 2.75. The summed E-state index contributed by atoms with van der Waals surface area (Å²) < 4.78 is 6.83. The lowest BCUT2D eigenvalue weighted by atomic mass is 10.4. The van der Waals surface area contributed by atoms with E-state index in [0.29, 0.717) is 13.0 Å². The summed E-state index contributed by atoms with van der Waals surface area (Å²) in [5.74, 6) is 0.0685. The Morgan fingerprint density at radius 2 is 2.05 bits per heavy atom. The van der Waals surface area contributed by atoms with Gasteiger partial charge in [0.25, 0.3) is 5.56 Å². The second-order valence-electron chi connectivity index (χ2n) is 4.15. The van der Waals surface area contributed by atoms with Gasteiger partial charge in [-0.1, -0.05) is 6.92 Å². The monoisotopic (exact) mass is 285 g/mol. The number of carbonyl (C=O) groups is 1. The highest BCUT2D eigenvalue weighted by Gasteiger charge is 2.14. The second kappa shape index (κ2) is 6.64. The summed E-state index contributed by atoms with van der Waals surface area (Å²) in [6.45, 7) is 2.45. The molecule has 0 radical (unpaired) electrons. The fourth-order valence-corrected chi connectivity index (χ4v) is 1.72. The second-order valence-corrected chi connectivity index (χ2v) is 4.15. The predicted molar refractivity (Wildman–Crippen MR) is 74.7 cm³/mol. The lowest BCUT2D eigenvalue weighted by molar-refractivity contribution is 0.161. The molecule has 1 aromatic rings. The summed E-state index contributed by atoms with van der Waals surface area (Å²) in [6.07, 6.45) is -0.198. The van der Waals surface area contributed by atoms with E-state index < -0.39 is 17.3 Å². The zero-order valence-corrected chi connectivity index (χ0v) is 11.5. The van der Waals surface area contributed by atoms with Crippen molar-refractivity contribution >= 4 is 17.6 Å². The van der Waals surface area contributed by atoms with Gasteiger partial charge in [0, 0.05) is 20.1 Å². The summed E-state index contributed by atoms with van der Waals surface area (Å²) in [5.41, 5.74) is 9.76. The minimum Gasteiger partial charge on any atom is -0.448 e. The van der Waals surface area contributed by atoms with Crippen molar-refractivity contribution in [2.45, 2.75) is 19.9 Å². The van der Waals surface area contributed by atoms with E-state index in [1.54, 1.807) is 0 Å². The lowest BCUT2D eigenvalue weighted by Crippen LogP contribution is -2.41. The van der Waals surface area contributed by atoms with Gasteiger partial charge in [-0.15, -0.1) is 0 Å². The van der Waals surface area contributed by atoms with Crippen LogP contribution in [-0.2, 0) is 18.3 Å². The molecule has 0 saturated carbocycles. The minimum absolute atomic E-state index is 0.00910. The molecule has 1 rings (SSSR count). The first-order valence-electron chi connectivity index (χ1n) is 6.15. The molecule has 0 aliphatic rings. The number of nitrogens with two attached hydrogens (primary N) is 2. The van der Waals surface area contributed by atoms with Crippen molar-refractivity contribution in [3.05, 3.63) is 20.8 Å². The fourth-order valence-electron chi connectivity index (χ4n) is 1.72. The number of carbonyl (C=O) groups excluding carboxylic acids is 1. The highest BCUT2D eigenvalue weighted by Crippen LogP contribution is 2.10. The smallest absolute Gasteiger partial charge is 0.404 e. The maximum Gasteiger partial charge on any atom is 0.404 e. The molecule has 9 nitrogen and oxygen atoms in total. The van der Waals surface area contributed by atoms with Gasteiger partial charge in [-0.3, -0.25) is 13.9 Å². The number of aromatic nitrogens is 2. The van der Waals surface area contributed by atoms with Crippen LogP contribution in [0.3, 0.4) is 0 Å². The van der Waals surface area contributed by atoms with Crippen molar-refractivity contribution in [3.63, 3.8) is 0 Å². The van der Waals surface area contributed by atoms with E-state index in [0.717, 1.165) is 4.57 Å². The number of rotatable bonds is 6. The van der Waals surface area contributed by atoms with Crippen LogP contribution in [-0.4, -0.2) is 28.4 Å². The first-order chi connectivity index (χ1) is 9.40. The van der Waals surface area contributed by atoms with Crippen molar-refractivity contribution < 1.29 is 9.53 Å². The highest BCUT2D eigenvalue weighted by atomic mass is 16.5. The number of nitrogens with zero attached hydrogens (tertiary/aromatic N) is 2. The Morgan fingerprint density at radius 1 is 1.40 bits per heavy atom. The lowest BCUT2D eigenvalue weighted by Gasteiger charge is -2.15. The normalized spacial score (nSPS) is 10.3. The SMILES string of the molecule is CCCn1c(N)c(NCCOC(N)=O)c(=O)n(C)c1=O. The molecular formula is C11H19N5O4. The summed E-state index contributed by atoms with van der Waals surface area (Å²) in [6, 6.07) is 0. The third-order valence-corrected chi connectivity index (χ3v) is 2.68. The summed E-state index contributed by atoms with van der Waals surface area (Å²) >= 11 is 0. The summed E-state index contributed by atoms with van der Waals surface area (Å²) in [4.78, 5) is 34.3. The Hall–Kier alpha value is -2.45. The minimum atomic E-state index is -0.899. The van der Waals surface area contributed by atoms with Gasteiger partial charge in [-0.25, -0.2) is 9.59 Å². The van der Waals surface area contributed by atoms with E-state index >= 15 is 0 Å². The van der Waals surface area contributed by atoms with Gasteiger partial charge in [0.05, 0.1) is 0 Å². The van der Waals surface area contributed by atoms with Crippen molar-refractivity contribution in [3.8, 4) is 0 Å². The Kier molecular flexibility index (Phi) is 5.18. The van der Waals surface area contributed by atoms with Crippen LogP contribution in [0.1, 0.15) is 13.3 Å². The molecule has 1 amide bonds. The molecule has 1 heterocycles. The van der Waals surface area contributed by atoms with Crippen LogP contribution in [0.4, 0.5) is 16.3 Å². The zero-order chi connectivity index (χ0) is 15.3. The molecule has 0 atom stereocenters. The van der Waals surface area contributed by atoms with Crippen molar-refractivity contribution in [2.75, 3.05) is 24.2 Å². The average molecular weight is 285 g/mol. The van der Waals surface area contributed by atoms with Gasteiger partial charge in [0.15, 0.2) is 0 Å². The molecule has 0 unspecified atom stereocenters. The Morgan fingerprint density at radius 3 is 2.60 bits per heavy atom. The number of primary amides is 1. The van der Waals surface area contributed by atoms with Crippen molar-refractivity contribution in [1.29, 1.82) is 0 Å². The molecule has 5 N–H and O–H groups in total. The maximum atomic E-state index is 12.0. The third-order valence-electron chi connectivity index (χ3n) is 2.68. The molecule has 112 valence electrons. The number of nitrogens with one attached hydrogen (secondary N) is 1. The van der Waals surface area contributed by atoms with Crippen LogP contribution >= 0.6 is 0 Å². The quantitative estimate of drug-likeness (QED) is 0.577. The first kappa shape index (κ1) is 15.6. The first-order valence-corrected chi connectivity index (χ1v) is 6.15. The third kappa shape index (κ3) is 3.31. The van der Waals surface area contributed by atoms with E-state index in [4.69, 9.17) is 11.5 Å². The molecule has 0 saturated heterocycles. The van der Waals surface area contributed by atoms with E-state index in [1.807, 2.05) is 6.92 Å². The fraction of sp³-hybridized carbons (Fsp3) is 0.545. The van der Waals surface area contributed by atoms with Gasteiger partial charge in [0.1, 0.15) is 18.1 Å². The average Bonchev–Trinajstić information content (AvgIpc) is 2.40. The van der Waals surface area contributed by atoms with Gasteiger partial charge >= 0.3 is 11.8 Å². The van der Waals surface area contributed by atoms with E-state index in [-0.39, 0.29) is 24.7 Å². The van der Waals surface area contributed by atoms with E-state index in [2.05, 4.69) is 10.1 Å². The van der Waals surface area contributed by atoms with E-state index in [9.17, 15) is 14.4 Å². The van der Waals surface area contributed by atoms with Crippen LogP contribution in [0.2, 0.25) is 0 Å². The van der Waals surface area contributed by atoms with Crippen LogP contribution in [0.5, 0.6) is 0 Å². The van der Waals surface area contributed by atoms with Gasteiger partial charge in [-0.05, 0) is 6.42 Å². The Balaban J connectivity index is 3.04. The van der Waals surface area contributed by atoms with Crippen LogP contribution < -0.4 is 28.0 Å². The number of hydrogen-bond acceptors (Lipinski definition) is 6. The van der Waals surface area contributed by atoms with Crippen LogP contribution in [0.15, 0.2) is 9.59 Å². The predicted octanol–water partition coefficient (Wildman–Crippen LogP) is -0.954. The Bertz CT molecular complexity index is 604. The Labute approximate surface area is 115 Å². The van der Waals surface area contributed by atoms with Gasteiger partial charge in [0.2, 0.25) is 0 Å². The van der Waals surface area contributed by atoms with E-state index in [1.165, 1.54) is 11.6 Å². The number of hydrogen-bond donors (Lipinski definition) is 3. The van der Waals surface area contributed by atoms with Crippen molar-refractivity contribution in [1.82, 2.24) is 9.13 Å². The zero-order valence-electron chi connectivity index (χ0n) is 11.5. The number of amides is 1. The van der Waals surface area contributed by atoms with Gasteiger partial charge in [-0.2, -0.15) is 0 Å².